The van der Waals surface area contributed by atoms with Crippen molar-refractivity contribution in [2.24, 2.45) is 0 Å². The highest BCUT2D eigenvalue weighted by Gasteiger charge is 2.24. The number of benzene rings is 1. The molecule has 1 aromatic rings. The Morgan fingerprint density at radius 2 is 1.89 bits per heavy atom. The van der Waals surface area contributed by atoms with Gasteiger partial charge in [0.1, 0.15) is 5.78 Å². The van der Waals surface area contributed by atoms with Crippen molar-refractivity contribution in [1.29, 1.82) is 0 Å². The van der Waals surface area contributed by atoms with Crippen LogP contribution in [0.25, 0.3) is 0 Å². The molecular weight excluding hydrogens is 244 g/mol. The number of carbonyl (C=O) groups excluding carboxylic acids is 1. The molecule has 0 saturated heterocycles. The normalized spacial score (nSPS) is 21.9. The summed E-state index contributed by atoms with van der Waals surface area (Å²) in [4.78, 5) is 11.4. The Morgan fingerprint density at radius 3 is 2.50 bits per heavy atom. The van der Waals surface area contributed by atoms with Crippen LogP contribution in [0.3, 0.4) is 0 Å². The molecule has 1 saturated carbocycles. The summed E-state index contributed by atoms with van der Waals surface area (Å²) in [6, 6.07) is 6.31. The Kier molecular flexibility index (Phi) is 4.33. The fraction of sp³-hybridized carbons (Fsp3) is 0.533. The molecule has 18 heavy (non-hydrogen) atoms. The van der Waals surface area contributed by atoms with E-state index in [-0.39, 0.29) is 11.0 Å². The van der Waals surface area contributed by atoms with E-state index in [0.717, 1.165) is 18.4 Å². The molecule has 3 heteroatoms. The first kappa shape index (κ1) is 13.5. The Labute approximate surface area is 111 Å². The maximum Gasteiger partial charge on any atom is 0.134 e. The summed E-state index contributed by atoms with van der Waals surface area (Å²) in [5.74, 6) is 0.862. The zero-order valence-corrected chi connectivity index (χ0v) is 11.9. The van der Waals surface area contributed by atoms with E-state index in [4.69, 9.17) is 0 Å². The fourth-order valence-corrected chi connectivity index (χ4v) is 4.18. The lowest BCUT2D eigenvalue weighted by Crippen LogP contribution is -2.25. The summed E-state index contributed by atoms with van der Waals surface area (Å²) in [6.07, 6.45) is 3.03. The second-order valence-electron chi connectivity index (χ2n) is 5.28. The molecule has 98 valence electrons. The highest BCUT2D eigenvalue weighted by atomic mass is 32.2. The molecule has 1 fully saturated rings. The van der Waals surface area contributed by atoms with Gasteiger partial charge in [-0.25, -0.2) is 0 Å². The first-order valence-electron chi connectivity index (χ1n) is 6.50. The second kappa shape index (κ2) is 5.79. The number of carbonyl (C=O) groups is 1. The number of Topliss-reactive ketones (excluding diaryl/α,β-unsaturated/α-hetero) is 1. The summed E-state index contributed by atoms with van der Waals surface area (Å²) in [5.41, 5.74) is 3.55. The fourth-order valence-electron chi connectivity index (χ4n) is 2.64. The summed E-state index contributed by atoms with van der Waals surface area (Å²) < 4.78 is 12.3. The Hall–Kier alpha value is -0.960. The van der Waals surface area contributed by atoms with Gasteiger partial charge in [-0.1, -0.05) is 29.3 Å². The van der Waals surface area contributed by atoms with Crippen LogP contribution in [0.5, 0.6) is 0 Å². The van der Waals surface area contributed by atoms with E-state index in [0.29, 0.717) is 18.6 Å². The van der Waals surface area contributed by atoms with Crippen molar-refractivity contribution in [2.45, 2.75) is 50.5 Å². The van der Waals surface area contributed by atoms with Crippen molar-refractivity contribution in [1.82, 2.24) is 0 Å². The molecule has 2 atom stereocenters. The molecule has 2 rings (SSSR count). The van der Waals surface area contributed by atoms with Crippen molar-refractivity contribution in [3.8, 4) is 0 Å². The van der Waals surface area contributed by atoms with E-state index in [1.807, 2.05) is 0 Å². The third kappa shape index (κ3) is 3.52. The van der Waals surface area contributed by atoms with Crippen molar-refractivity contribution in [3.05, 3.63) is 34.9 Å². The third-order valence-corrected chi connectivity index (χ3v) is 5.16. The molecule has 0 aliphatic heterocycles. The van der Waals surface area contributed by atoms with Crippen LogP contribution < -0.4 is 0 Å². The topological polar surface area (TPSA) is 34.1 Å². The first-order valence-corrected chi connectivity index (χ1v) is 7.89. The summed E-state index contributed by atoms with van der Waals surface area (Å²) in [5, 5.41) is 0.0760. The maximum absolute atomic E-state index is 12.3. The number of hydrogen-bond acceptors (Lipinski definition) is 2. The van der Waals surface area contributed by atoms with Crippen LogP contribution in [0.15, 0.2) is 18.2 Å². The van der Waals surface area contributed by atoms with Crippen molar-refractivity contribution >= 4 is 16.6 Å². The van der Waals surface area contributed by atoms with Crippen LogP contribution in [0.1, 0.15) is 42.4 Å². The Balaban J connectivity index is 2.04. The smallest absolute Gasteiger partial charge is 0.134 e. The summed E-state index contributed by atoms with van der Waals surface area (Å²) >= 11 is 0. The zero-order valence-electron chi connectivity index (χ0n) is 11.1. The SMILES string of the molecule is Cc1cc(C)cc(CS(=O)C2CCCC(=O)C2)c1. The van der Waals surface area contributed by atoms with Crippen LogP contribution in [0.4, 0.5) is 0 Å². The number of rotatable bonds is 3. The molecule has 1 aliphatic rings. The quantitative estimate of drug-likeness (QED) is 0.841. The zero-order chi connectivity index (χ0) is 13.1. The summed E-state index contributed by atoms with van der Waals surface area (Å²) in [7, 11) is -0.916. The van der Waals surface area contributed by atoms with E-state index in [2.05, 4.69) is 32.0 Å². The van der Waals surface area contributed by atoms with Gasteiger partial charge in [0.15, 0.2) is 0 Å². The van der Waals surface area contributed by atoms with Gasteiger partial charge in [-0.15, -0.1) is 0 Å². The lowest BCUT2D eigenvalue weighted by Gasteiger charge is -2.20. The van der Waals surface area contributed by atoms with Gasteiger partial charge >= 0.3 is 0 Å². The largest absolute Gasteiger partial charge is 0.300 e. The maximum atomic E-state index is 12.3. The Bertz CT molecular complexity index is 459. The van der Waals surface area contributed by atoms with Crippen LogP contribution in [-0.2, 0) is 21.3 Å². The summed E-state index contributed by atoms with van der Waals surface area (Å²) in [6.45, 7) is 4.12. The molecule has 0 N–H and O–H groups in total. The van der Waals surface area contributed by atoms with Gasteiger partial charge in [-0.2, -0.15) is 0 Å². The predicted octanol–water partition coefficient (Wildman–Crippen LogP) is 3.06. The Morgan fingerprint density at radius 1 is 1.22 bits per heavy atom. The van der Waals surface area contributed by atoms with E-state index in [1.54, 1.807) is 0 Å². The molecule has 1 aliphatic carbocycles. The minimum Gasteiger partial charge on any atom is -0.300 e. The van der Waals surface area contributed by atoms with E-state index >= 15 is 0 Å². The minimum atomic E-state index is -0.916. The third-order valence-electron chi connectivity index (χ3n) is 3.40. The molecule has 1 aromatic carbocycles. The highest BCUT2D eigenvalue weighted by molar-refractivity contribution is 7.84. The molecule has 0 bridgehead atoms. The lowest BCUT2D eigenvalue weighted by molar-refractivity contribution is -0.120. The van der Waals surface area contributed by atoms with E-state index in [9.17, 15) is 9.00 Å². The van der Waals surface area contributed by atoms with Crippen molar-refractivity contribution in [2.75, 3.05) is 0 Å². The van der Waals surface area contributed by atoms with Gasteiger partial charge in [-0.05, 0) is 32.3 Å². The molecule has 0 heterocycles. The molecule has 2 unspecified atom stereocenters. The minimum absolute atomic E-state index is 0.0760. The average Bonchev–Trinajstić information content (AvgIpc) is 2.27. The van der Waals surface area contributed by atoms with Gasteiger partial charge in [0, 0.05) is 34.6 Å². The average molecular weight is 264 g/mol. The van der Waals surface area contributed by atoms with E-state index in [1.165, 1.54) is 11.1 Å². The molecule has 0 amide bonds. The van der Waals surface area contributed by atoms with Gasteiger partial charge in [0.05, 0.1) is 0 Å². The standard InChI is InChI=1S/C15H20O2S/c1-11-6-12(2)8-13(7-11)10-18(17)15-5-3-4-14(16)9-15/h6-8,15H,3-5,9-10H2,1-2H3. The van der Waals surface area contributed by atoms with Crippen LogP contribution in [0, 0.1) is 13.8 Å². The molecule has 0 spiro atoms. The van der Waals surface area contributed by atoms with Crippen molar-refractivity contribution in [3.63, 3.8) is 0 Å². The predicted molar refractivity (Wildman–Crippen MR) is 75.0 cm³/mol. The lowest BCUT2D eigenvalue weighted by atomic mass is 9.99. The molecule has 2 nitrogen and oxygen atoms in total. The van der Waals surface area contributed by atoms with Gasteiger partial charge in [0.25, 0.3) is 0 Å². The van der Waals surface area contributed by atoms with Gasteiger partial charge < -0.3 is 0 Å². The highest BCUT2D eigenvalue weighted by Crippen LogP contribution is 2.22. The molecule has 0 aromatic heterocycles. The number of aryl methyl sites for hydroxylation is 2. The van der Waals surface area contributed by atoms with Gasteiger partial charge in [0.2, 0.25) is 0 Å². The van der Waals surface area contributed by atoms with Crippen LogP contribution in [-0.4, -0.2) is 15.2 Å². The van der Waals surface area contributed by atoms with E-state index < -0.39 is 10.8 Å². The van der Waals surface area contributed by atoms with Crippen LogP contribution >= 0.6 is 0 Å². The number of hydrogen-bond donors (Lipinski definition) is 0. The van der Waals surface area contributed by atoms with Crippen LogP contribution in [0.2, 0.25) is 0 Å². The molecule has 0 radical (unpaired) electrons. The van der Waals surface area contributed by atoms with Gasteiger partial charge in [-0.3, -0.25) is 9.00 Å². The second-order valence-corrected chi connectivity index (χ2v) is 6.99. The first-order chi connectivity index (χ1) is 8.54. The molecular formula is C15H20O2S. The monoisotopic (exact) mass is 264 g/mol. The van der Waals surface area contributed by atoms with Crippen molar-refractivity contribution < 1.29 is 9.00 Å². The number of ketones is 1.